The van der Waals surface area contributed by atoms with E-state index in [2.05, 4.69) is 15.4 Å². The number of nitrogens with zero attached hydrogens (tertiary/aromatic N) is 3. The molecule has 0 unspecified atom stereocenters. The topological polar surface area (TPSA) is 99.2 Å². The Morgan fingerprint density at radius 3 is 2.56 bits per heavy atom. The van der Waals surface area contributed by atoms with Crippen molar-refractivity contribution in [2.75, 3.05) is 5.32 Å². The van der Waals surface area contributed by atoms with Gasteiger partial charge in [-0.3, -0.25) is 9.48 Å². The molecular weight excluding hydrogens is 480 g/mol. The average molecular weight is 509 g/mol. The number of aromatic nitrogens is 3. The Kier molecular flexibility index (Phi) is 6.66. The number of hydrogen-bond donors (Lipinski definition) is 1. The third-order valence-corrected chi connectivity index (χ3v) is 5.84. The van der Waals surface area contributed by atoms with Gasteiger partial charge in [-0.05, 0) is 71.4 Å². The van der Waals surface area contributed by atoms with E-state index < -0.39 is 11.6 Å². The van der Waals surface area contributed by atoms with Crippen LogP contribution in [-0.4, -0.2) is 26.3 Å². The molecule has 9 heteroatoms. The first-order valence-corrected chi connectivity index (χ1v) is 12.0. The summed E-state index contributed by atoms with van der Waals surface area (Å²) < 4.78 is 13.5. The highest BCUT2D eigenvalue weighted by Gasteiger charge is 2.25. The van der Waals surface area contributed by atoms with Crippen molar-refractivity contribution < 1.29 is 13.9 Å². The number of fused-ring (bicyclic) bond motifs is 1. The molecule has 4 rings (SSSR count). The number of pyridine rings is 1. The number of hydrogen-bond acceptors (Lipinski definition) is 7. The first kappa shape index (κ1) is 25.4. The number of anilines is 1. The molecule has 0 aliphatic rings. The molecule has 8 nitrogen and oxygen atoms in total. The number of halogens is 1. The van der Waals surface area contributed by atoms with E-state index in [1.807, 2.05) is 26.0 Å². The summed E-state index contributed by atoms with van der Waals surface area (Å²) in [5.74, 6) is -0.165. The van der Waals surface area contributed by atoms with E-state index in [0.717, 1.165) is 11.1 Å². The lowest BCUT2D eigenvalue weighted by atomic mass is 9.99. The highest BCUT2D eigenvalue weighted by atomic mass is 35.5. The molecule has 0 aliphatic heterocycles. The van der Waals surface area contributed by atoms with Gasteiger partial charge in [0.15, 0.2) is 16.9 Å². The molecule has 4 aromatic rings. The van der Waals surface area contributed by atoms with Crippen LogP contribution in [0.3, 0.4) is 0 Å². The second kappa shape index (κ2) is 9.43. The summed E-state index contributed by atoms with van der Waals surface area (Å²) >= 11 is 6.09. The van der Waals surface area contributed by atoms with E-state index in [0.29, 0.717) is 33.7 Å². The summed E-state index contributed by atoms with van der Waals surface area (Å²) in [6, 6.07) is 8.50. The number of rotatable bonds is 5. The van der Waals surface area contributed by atoms with Gasteiger partial charge >= 0.3 is 5.97 Å². The normalized spacial score (nSPS) is 12.6. The molecule has 1 atom stereocenters. The van der Waals surface area contributed by atoms with E-state index in [9.17, 15) is 9.59 Å². The maximum Gasteiger partial charge on any atom is 0.359 e. The fourth-order valence-electron chi connectivity index (χ4n) is 4.01. The first-order valence-electron chi connectivity index (χ1n) is 11.6. The van der Waals surface area contributed by atoms with E-state index in [-0.39, 0.29) is 22.3 Å². The van der Waals surface area contributed by atoms with Gasteiger partial charge in [-0.15, -0.1) is 0 Å². The maximum absolute atomic E-state index is 13.3. The van der Waals surface area contributed by atoms with Gasteiger partial charge in [-0.25, -0.2) is 9.78 Å². The van der Waals surface area contributed by atoms with Gasteiger partial charge in [-0.2, -0.15) is 5.10 Å². The Morgan fingerprint density at radius 2 is 1.92 bits per heavy atom. The summed E-state index contributed by atoms with van der Waals surface area (Å²) in [7, 11) is 1.81. The Balaban J connectivity index is 1.82. The molecule has 188 valence electrons. The van der Waals surface area contributed by atoms with Gasteiger partial charge in [-0.1, -0.05) is 17.7 Å². The Hall–Kier alpha value is -3.65. The summed E-state index contributed by atoms with van der Waals surface area (Å²) in [5, 5.41) is 8.41. The van der Waals surface area contributed by atoms with E-state index in [1.165, 1.54) is 0 Å². The van der Waals surface area contributed by atoms with E-state index in [1.54, 1.807) is 63.8 Å². The van der Waals surface area contributed by atoms with Crippen LogP contribution in [0.5, 0.6) is 0 Å². The lowest BCUT2D eigenvalue weighted by Crippen LogP contribution is -2.25. The van der Waals surface area contributed by atoms with Gasteiger partial charge in [0.05, 0.1) is 17.1 Å². The van der Waals surface area contributed by atoms with E-state index in [4.69, 9.17) is 20.8 Å². The smallest absolute Gasteiger partial charge is 0.359 e. The third kappa shape index (κ3) is 5.14. The molecule has 0 amide bonds. The fourth-order valence-corrected chi connectivity index (χ4v) is 4.16. The van der Waals surface area contributed by atoms with Crippen LogP contribution in [0.1, 0.15) is 60.9 Å². The minimum atomic E-state index is -0.695. The van der Waals surface area contributed by atoms with Gasteiger partial charge in [0.25, 0.3) is 0 Å². The molecule has 0 saturated heterocycles. The average Bonchev–Trinajstić information content (AvgIpc) is 3.22. The standard InChI is InChI=1S/C27H29ClN4O4/c1-14-12-17(16(3)29-19-8-9-21(28)30-22(19)26(34)36-27(4,5)6)25-18(13-14)23(33)15(2)24(35-25)20-10-11-32(7)31-20/h8-13,16,29H,1-7H3/t16-/m1/s1. The van der Waals surface area contributed by atoms with Gasteiger partial charge in [0.1, 0.15) is 22.0 Å². The quantitative estimate of drug-likeness (QED) is 0.261. The summed E-state index contributed by atoms with van der Waals surface area (Å²) in [5.41, 5.74) is 2.91. The van der Waals surface area contributed by atoms with Crippen molar-refractivity contribution in [2.24, 2.45) is 7.05 Å². The highest BCUT2D eigenvalue weighted by molar-refractivity contribution is 6.29. The van der Waals surface area contributed by atoms with Crippen molar-refractivity contribution >= 4 is 34.2 Å². The molecule has 0 radical (unpaired) electrons. The van der Waals surface area contributed by atoms with Gasteiger partial charge in [0.2, 0.25) is 0 Å². The number of ether oxygens (including phenoxy) is 1. The molecule has 0 bridgehead atoms. The van der Waals surface area contributed by atoms with Crippen LogP contribution >= 0.6 is 11.6 Å². The molecule has 3 aromatic heterocycles. The minimum absolute atomic E-state index is 0.0766. The van der Waals surface area contributed by atoms with Crippen LogP contribution in [0.25, 0.3) is 22.4 Å². The van der Waals surface area contributed by atoms with Gasteiger partial charge < -0.3 is 14.5 Å². The summed E-state index contributed by atoms with van der Waals surface area (Å²) in [6.07, 6.45) is 1.80. The number of nitrogens with one attached hydrogen (secondary N) is 1. The molecule has 3 heterocycles. The number of esters is 1. The molecule has 0 fully saturated rings. The second-order valence-corrected chi connectivity index (χ2v) is 10.3. The molecule has 36 heavy (non-hydrogen) atoms. The zero-order chi connectivity index (χ0) is 26.4. The first-order chi connectivity index (χ1) is 16.8. The van der Waals surface area contributed by atoms with Crippen LogP contribution in [0.4, 0.5) is 5.69 Å². The third-order valence-electron chi connectivity index (χ3n) is 5.63. The minimum Gasteiger partial charge on any atom is -0.455 e. The molecule has 0 spiro atoms. The number of benzene rings is 1. The van der Waals surface area contributed by atoms with Crippen molar-refractivity contribution in [1.29, 1.82) is 0 Å². The molecule has 0 aliphatic carbocycles. The zero-order valence-corrected chi connectivity index (χ0v) is 22.1. The Bertz CT molecular complexity index is 1530. The second-order valence-electron chi connectivity index (χ2n) is 9.89. The van der Waals surface area contributed by atoms with Crippen LogP contribution in [0.15, 0.2) is 45.7 Å². The molecule has 1 N–H and O–H groups in total. The fraction of sp³-hybridized carbons (Fsp3) is 0.333. The predicted octanol–water partition coefficient (Wildman–Crippen LogP) is 5.99. The number of carbonyl (C=O) groups is 1. The lowest BCUT2D eigenvalue weighted by molar-refractivity contribution is 0.00640. The number of aryl methyl sites for hydroxylation is 2. The highest BCUT2D eigenvalue weighted by Crippen LogP contribution is 2.32. The molecule has 0 saturated carbocycles. The van der Waals surface area contributed by atoms with E-state index >= 15 is 0 Å². The predicted molar refractivity (Wildman–Crippen MR) is 141 cm³/mol. The Labute approximate surface area is 214 Å². The van der Waals surface area contributed by atoms with Crippen LogP contribution in [0, 0.1) is 13.8 Å². The summed E-state index contributed by atoms with van der Waals surface area (Å²) in [6.45, 7) is 10.9. The summed E-state index contributed by atoms with van der Waals surface area (Å²) in [4.78, 5) is 30.4. The molecular formula is C27H29ClN4O4. The van der Waals surface area contributed by atoms with Crippen LogP contribution in [0.2, 0.25) is 5.15 Å². The van der Waals surface area contributed by atoms with Crippen molar-refractivity contribution in [2.45, 2.75) is 53.2 Å². The Morgan fingerprint density at radius 1 is 1.19 bits per heavy atom. The largest absolute Gasteiger partial charge is 0.455 e. The van der Waals surface area contributed by atoms with Crippen LogP contribution in [-0.2, 0) is 11.8 Å². The van der Waals surface area contributed by atoms with Crippen molar-refractivity contribution in [3.05, 3.63) is 74.3 Å². The molecule has 1 aromatic carbocycles. The lowest BCUT2D eigenvalue weighted by Gasteiger charge is -2.22. The zero-order valence-electron chi connectivity index (χ0n) is 21.4. The van der Waals surface area contributed by atoms with Crippen LogP contribution < -0.4 is 10.7 Å². The maximum atomic E-state index is 13.3. The van der Waals surface area contributed by atoms with Crippen molar-refractivity contribution in [1.82, 2.24) is 14.8 Å². The monoisotopic (exact) mass is 508 g/mol. The van der Waals surface area contributed by atoms with Crippen molar-refractivity contribution in [3.63, 3.8) is 0 Å². The van der Waals surface area contributed by atoms with Crippen molar-refractivity contribution in [3.8, 4) is 11.5 Å². The van der Waals surface area contributed by atoms with Gasteiger partial charge in [0, 0.05) is 24.4 Å². The number of carbonyl (C=O) groups excluding carboxylic acids is 1. The SMILES string of the molecule is Cc1cc([C@@H](C)Nc2ccc(Cl)nc2C(=O)OC(C)(C)C)c2oc(-c3ccn(C)n3)c(C)c(=O)c2c1.